The molecule has 2 nitrogen and oxygen atoms in total. The molecule has 2 aromatic carbocycles. The van der Waals surface area contributed by atoms with Crippen LogP contribution in [-0.2, 0) is 42.2 Å². The van der Waals surface area contributed by atoms with Crippen LogP contribution in [0.5, 0.6) is 0 Å². The van der Waals surface area contributed by atoms with E-state index in [1.807, 2.05) is 0 Å². The summed E-state index contributed by atoms with van der Waals surface area (Å²) in [5, 5.41) is 0. The molecular formula is C28H40N2Ni. The van der Waals surface area contributed by atoms with Gasteiger partial charge in [-0.2, -0.15) is 0 Å². The largest absolute Gasteiger partial charge is 0.252 e. The number of hydrogen-bond donors (Lipinski definition) is 0. The van der Waals surface area contributed by atoms with Gasteiger partial charge >= 0.3 is 0 Å². The van der Waals surface area contributed by atoms with Crippen LogP contribution < -0.4 is 0 Å². The monoisotopic (exact) mass is 462 g/mol. The van der Waals surface area contributed by atoms with E-state index in [0.29, 0.717) is 0 Å². The fourth-order valence-electron chi connectivity index (χ4n) is 3.99. The van der Waals surface area contributed by atoms with Gasteiger partial charge in [0, 0.05) is 16.5 Å². The maximum absolute atomic E-state index is 5.07. The first kappa shape index (κ1) is 27.3. The van der Waals surface area contributed by atoms with Crippen LogP contribution in [0, 0.1) is 0 Å². The molecule has 0 bridgehead atoms. The number of hydrogen-bond acceptors (Lipinski definition) is 2. The molecule has 0 saturated heterocycles. The van der Waals surface area contributed by atoms with Crippen LogP contribution in [0.25, 0.3) is 0 Å². The summed E-state index contributed by atoms with van der Waals surface area (Å²) < 4.78 is 0. The summed E-state index contributed by atoms with van der Waals surface area (Å²) in [5.41, 5.74) is 9.91. The number of aliphatic imine (C=N–C) groups is 2. The second-order valence-electron chi connectivity index (χ2n) is 8.03. The predicted octanol–water partition coefficient (Wildman–Crippen LogP) is 8.38. The van der Waals surface area contributed by atoms with Gasteiger partial charge in [0.2, 0.25) is 0 Å². The molecule has 0 aromatic heterocycles. The normalized spacial score (nSPS) is 12.1. The molecule has 0 atom stereocenters. The molecule has 0 N–H and O–H groups in total. The van der Waals surface area contributed by atoms with Crippen molar-refractivity contribution in [1.82, 2.24) is 0 Å². The number of rotatable bonds is 11. The summed E-state index contributed by atoms with van der Waals surface area (Å²) in [6.07, 6.45) is 8.83. The minimum Gasteiger partial charge on any atom is -0.252 e. The molecule has 0 fully saturated rings. The molecule has 172 valence electrons. The van der Waals surface area contributed by atoms with Crippen molar-refractivity contribution in [3.63, 3.8) is 0 Å². The average molecular weight is 463 g/mol. The zero-order valence-corrected chi connectivity index (χ0v) is 21.3. The van der Waals surface area contributed by atoms with E-state index in [2.05, 4.69) is 77.9 Å². The maximum atomic E-state index is 5.07. The van der Waals surface area contributed by atoms with Crippen LogP contribution in [-0.4, -0.2) is 11.4 Å². The summed E-state index contributed by atoms with van der Waals surface area (Å²) in [7, 11) is 0. The van der Waals surface area contributed by atoms with Gasteiger partial charge in [0.05, 0.1) is 22.8 Å². The third kappa shape index (κ3) is 8.04. The summed E-state index contributed by atoms with van der Waals surface area (Å²) in [6, 6.07) is 13.3. The SMILES string of the molecule is CCCCCC(=N\c1ccc(CC)c(CC)c1)/C(C)=N/c1ccc(CC)c(CC)c1.[Ni]. The van der Waals surface area contributed by atoms with E-state index in [0.717, 1.165) is 61.3 Å². The van der Waals surface area contributed by atoms with E-state index in [1.54, 1.807) is 0 Å². The number of aryl methyl sites for hydroxylation is 4. The van der Waals surface area contributed by atoms with Crippen LogP contribution in [0.2, 0.25) is 0 Å². The van der Waals surface area contributed by atoms with Gasteiger partial charge in [-0.15, -0.1) is 0 Å². The Balaban J connectivity index is 0.00000480. The fraction of sp³-hybridized carbons (Fsp3) is 0.500. The van der Waals surface area contributed by atoms with Gasteiger partial charge in [0.1, 0.15) is 0 Å². The third-order valence-corrected chi connectivity index (χ3v) is 5.90. The molecule has 0 aliphatic carbocycles. The molecule has 0 radical (unpaired) electrons. The number of benzene rings is 2. The average Bonchev–Trinajstić information content (AvgIpc) is 2.78. The number of nitrogens with zero attached hydrogens (tertiary/aromatic N) is 2. The summed E-state index contributed by atoms with van der Waals surface area (Å²) in [4.78, 5) is 10.1. The Kier molecular flexibility index (Phi) is 12.6. The second-order valence-corrected chi connectivity index (χ2v) is 8.03. The van der Waals surface area contributed by atoms with Gasteiger partial charge in [-0.3, -0.25) is 9.98 Å². The Hall–Kier alpha value is -1.73. The van der Waals surface area contributed by atoms with Gasteiger partial charge in [-0.25, -0.2) is 0 Å². The van der Waals surface area contributed by atoms with E-state index in [4.69, 9.17) is 9.98 Å². The molecule has 31 heavy (non-hydrogen) atoms. The van der Waals surface area contributed by atoms with Crippen molar-refractivity contribution in [2.45, 2.75) is 92.9 Å². The van der Waals surface area contributed by atoms with Crippen molar-refractivity contribution in [3.05, 3.63) is 58.7 Å². The van der Waals surface area contributed by atoms with Crippen LogP contribution in [0.15, 0.2) is 46.4 Å². The molecule has 0 unspecified atom stereocenters. The molecule has 0 amide bonds. The first-order valence-electron chi connectivity index (χ1n) is 11.9. The smallest absolute Gasteiger partial charge is 0.0636 e. The quantitative estimate of drug-likeness (QED) is 0.182. The van der Waals surface area contributed by atoms with Gasteiger partial charge < -0.3 is 0 Å². The maximum Gasteiger partial charge on any atom is 0.0636 e. The Bertz CT molecular complexity index is 881. The Morgan fingerprint density at radius 1 is 0.645 bits per heavy atom. The zero-order valence-electron chi connectivity index (χ0n) is 20.3. The topological polar surface area (TPSA) is 24.7 Å². The van der Waals surface area contributed by atoms with Crippen molar-refractivity contribution in [1.29, 1.82) is 0 Å². The zero-order chi connectivity index (χ0) is 21.9. The van der Waals surface area contributed by atoms with Gasteiger partial charge in [-0.1, -0.05) is 59.6 Å². The molecule has 0 saturated carbocycles. The predicted molar refractivity (Wildman–Crippen MR) is 134 cm³/mol. The van der Waals surface area contributed by atoms with Crippen molar-refractivity contribution < 1.29 is 16.5 Å². The Labute approximate surface area is 200 Å². The standard InChI is InChI=1S/C28H40N2.Ni/c1-7-12-13-14-28(30-27-18-16-23(9-3)25(11-5)20-27)21(6)29-26-17-15-22(8-2)24(10-4)19-26;/h15-20H,7-14H2,1-6H3;/b29-21+,30-28+;. The summed E-state index contributed by atoms with van der Waals surface area (Å²) >= 11 is 0. The van der Waals surface area contributed by atoms with Crippen LogP contribution in [0.3, 0.4) is 0 Å². The fourth-order valence-corrected chi connectivity index (χ4v) is 3.99. The van der Waals surface area contributed by atoms with Crippen LogP contribution in [0.1, 0.15) is 89.5 Å². The second kappa shape index (κ2) is 14.4. The van der Waals surface area contributed by atoms with Crippen molar-refractivity contribution in [2.24, 2.45) is 9.98 Å². The first-order chi connectivity index (χ1) is 14.6. The van der Waals surface area contributed by atoms with Gasteiger partial charge in [-0.05, 0) is 92.0 Å². The van der Waals surface area contributed by atoms with Gasteiger partial charge in [0.15, 0.2) is 0 Å². The van der Waals surface area contributed by atoms with E-state index in [-0.39, 0.29) is 16.5 Å². The minimum atomic E-state index is 0. The molecule has 2 rings (SSSR count). The van der Waals surface area contributed by atoms with E-state index in [1.165, 1.54) is 35.1 Å². The molecule has 0 aliphatic heterocycles. The van der Waals surface area contributed by atoms with Crippen LogP contribution >= 0.6 is 0 Å². The summed E-state index contributed by atoms with van der Waals surface area (Å²) in [5.74, 6) is 0. The van der Waals surface area contributed by atoms with E-state index >= 15 is 0 Å². The molecule has 0 spiro atoms. The Morgan fingerprint density at radius 2 is 1.13 bits per heavy atom. The Morgan fingerprint density at radius 3 is 1.58 bits per heavy atom. The van der Waals surface area contributed by atoms with Gasteiger partial charge in [0.25, 0.3) is 0 Å². The first-order valence-corrected chi connectivity index (χ1v) is 11.9. The van der Waals surface area contributed by atoms with Crippen LogP contribution in [0.4, 0.5) is 11.4 Å². The molecular weight excluding hydrogens is 423 g/mol. The van der Waals surface area contributed by atoms with Crippen molar-refractivity contribution >= 4 is 22.8 Å². The molecule has 0 heterocycles. The van der Waals surface area contributed by atoms with E-state index in [9.17, 15) is 0 Å². The third-order valence-electron chi connectivity index (χ3n) is 5.90. The van der Waals surface area contributed by atoms with E-state index < -0.39 is 0 Å². The van der Waals surface area contributed by atoms with Crippen molar-refractivity contribution in [2.75, 3.05) is 0 Å². The van der Waals surface area contributed by atoms with Crippen molar-refractivity contribution in [3.8, 4) is 0 Å². The summed E-state index contributed by atoms with van der Waals surface area (Å²) in [6.45, 7) is 13.2. The number of unbranched alkanes of at least 4 members (excludes halogenated alkanes) is 2. The molecule has 0 aliphatic rings. The molecule has 3 heteroatoms. The molecule has 2 aromatic rings. The minimum absolute atomic E-state index is 0.